The Morgan fingerprint density at radius 2 is 2.20 bits per heavy atom. The number of nitrogens with one attached hydrogen (secondary N) is 2. The van der Waals surface area contributed by atoms with Crippen molar-refractivity contribution in [3.8, 4) is 0 Å². The molecule has 2 N–H and O–H groups in total. The number of amides is 1. The summed E-state index contributed by atoms with van der Waals surface area (Å²) in [6.07, 6.45) is 1.14. The Kier molecular flexibility index (Phi) is 6.44. The number of hydrogen-bond donors (Lipinski definition) is 2. The lowest BCUT2D eigenvalue weighted by Crippen LogP contribution is -2.32. The van der Waals surface area contributed by atoms with Crippen LogP contribution in [0.2, 0.25) is 0 Å². The Labute approximate surface area is 126 Å². The number of carbonyl (C=O) groups excluding carboxylic acids is 1. The first-order chi connectivity index (χ1) is 9.43. The Balaban J connectivity index is 2.55. The molecule has 1 atom stereocenters. The summed E-state index contributed by atoms with van der Waals surface area (Å²) in [6.45, 7) is 4.28. The standard InChI is InChI=1S/C13H18BrN3O3/c1-3-9(2)16-13(18)6-7-15-11-8-10(14)4-5-12(11)17(19)20/h4-5,8-9,15H,3,6-7H2,1-2H3,(H,16,18). The SMILES string of the molecule is CCC(C)NC(=O)CCNc1cc(Br)ccc1[N+](=O)[O-]. The molecule has 1 rings (SSSR count). The topological polar surface area (TPSA) is 84.3 Å². The maximum Gasteiger partial charge on any atom is 0.292 e. The summed E-state index contributed by atoms with van der Waals surface area (Å²) in [5.74, 6) is -0.0653. The molecule has 20 heavy (non-hydrogen) atoms. The Hall–Kier alpha value is -1.63. The number of rotatable bonds is 7. The van der Waals surface area contributed by atoms with Gasteiger partial charge < -0.3 is 10.6 Å². The van der Waals surface area contributed by atoms with E-state index in [9.17, 15) is 14.9 Å². The van der Waals surface area contributed by atoms with Gasteiger partial charge in [-0.1, -0.05) is 22.9 Å². The first-order valence-corrected chi connectivity index (χ1v) is 7.20. The maximum atomic E-state index is 11.6. The van der Waals surface area contributed by atoms with Gasteiger partial charge >= 0.3 is 0 Å². The van der Waals surface area contributed by atoms with Crippen molar-refractivity contribution in [3.05, 3.63) is 32.8 Å². The third kappa shape index (κ3) is 5.16. The van der Waals surface area contributed by atoms with E-state index in [1.807, 2.05) is 13.8 Å². The first kappa shape index (κ1) is 16.4. The maximum absolute atomic E-state index is 11.6. The molecule has 0 saturated heterocycles. The molecule has 1 amide bonds. The summed E-state index contributed by atoms with van der Waals surface area (Å²) in [5.41, 5.74) is 0.399. The van der Waals surface area contributed by atoms with Crippen LogP contribution in [0.5, 0.6) is 0 Å². The molecule has 1 aromatic carbocycles. The fraction of sp³-hybridized carbons (Fsp3) is 0.462. The molecule has 0 aliphatic rings. The van der Waals surface area contributed by atoms with Gasteiger partial charge in [0.25, 0.3) is 5.69 Å². The molecule has 0 aliphatic carbocycles. The molecule has 0 radical (unpaired) electrons. The normalized spacial score (nSPS) is 11.8. The molecule has 1 aromatic rings. The molecule has 6 nitrogen and oxygen atoms in total. The number of nitrogens with zero attached hydrogens (tertiary/aromatic N) is 1. The third-order valence-electron chi connectivity index (χ3n) is 2.84. The minimum Gasteiger partial charge on any atom is -0.379 e. The van der Waals surface area contributed by atoms with Crippen LogP contribution in [0.1, 0.15) is 26.7 Å². The van der Waals surface area contributed by atoms with E-state index in [1.54, 1.807) is 12.1 Å². The van der Waals surface area contributed by atoms with Gasteiger partial charge in [-0.3, -0.25) is 14.9 Å². The number of benzene rings is 1. The zero-order valence-corrected chi connectivity index (χ0v) is 13.1. The van der Waals surface area contributed by atoms with Gasteiger partial charge in [-0.05, 0) is 25.5 Å². The summed E-state index contributed by atoms with van der Waals surface area (Å²) in [5, 5.41) is 16.7. The van der Waals surface area contributed by atoms with Crippen LogP contribution < -0.4 is 10.6 Å². The minimum atomic E-state index is -0.450. The molecule has 0 bridgehead atoms. The van der Waals surface area contributed by atoms with Crippen molar-refractivity contribution < 1.29 is 9.72 Å². The largest absolute Gasteiger partial charge is 0.379 e. The lowest BCUT2D eigenvalue weighted by Gasteiger charge is -2.12. The second kappa shape index (κ2) is 7.84. The number of carbonyl (C=O) groups is 1. The van der Waals surface area contributed by atoms with Crippen molar-refractivity contribution in [1.29, 1.82) is 0 Å². The highest BCUT2D eigenvalue weighted by Crippen LogP contribution is 2.27. The van der Waals surface area contributed by atoms with Crippen LogP contribution in [0.25, 0.3) is 0 Å². The molecular formula is C13H18BrN3O3. The zero-order valence-electron chi connectivity index (χ0n) is 11.5. The highest BCUT2D eigenvalue weighted by Gasteiger charge is 2.14. The molecule has 0 saturated carbocycles. The van der Waals surface area contributed by atoms with Crippen LogP contribution in [0.15, 0.2) is 22.7 Å². The lowest BCUT2D eigenvalue weighted by molar-refractivity contribution is -0.384. The van der Waals surface area contributed by atoms with E-state index in [2.05, 4.69) is 26.6 Å². The van der Waals surface area contributed by atoms with Crippen molar-refractivity contribution in [2.75, 3.05) is 11.9 Å². The smallest absolute Gasteiger partial charge is 0.292 e. The summed E-state index contributed by atoms with van der Waals surface area (Å²) in [7, 11) is 0. The van der Waals surface area contributed by atoms with Crippen molar-refractivity contribution in [3.63, 3.8) is 0 Å². The predicted octanol–water partition coefficient (Wildman–Crippen LogP) is 3.07. The second-order valence-corrected chi connectivity index (χ2v) is 5.39. The van der Waals surface area contributed by atoms with Crippen molar-refractivity contribution in [2.45, 2.75) is 32.7 Å². The number of halogens is 1. The van der Waals surface area contributed by atoms with Crippen LogP contribution in [0.3, 0.4) is 0 Å². The molecule has 0 heterocycles. The summed E-state index contributed by atoms with van der Waals surface area (Å²) in [4.78, 5) is 22.0. The van der Waals surface area contributed by atoms with Crippen LogP contribution >= 0.6 is 15.9 Å². The zero-order chi connectivity index (χ0) is 15.1. The van der Waals surface area contributed by atoms with Crippen molar-refractivity contribution in [2.24, 2.45) is 0 Å². The van der Waals surface area contributed by atoms with Crippen LogP contribution in [-0.4, -0.2) is 23.4 Å². The number of hydrogen-bond acceptors (Lipinski definition) is 4. The number of anilines is 1. The van der Waals surface area contributed by atoms with Gasteiger partial charge in [-0.2, -0.15) is 0 Å². The van der Waals surface area contributed by atoms with E-state index in [-0.39, 0.29) is 24.1 Å². The van der Waals surface area contributed by atoms with E-state index in [4.69, 9.17) is 0 Å². The molecule has 0 spiro atoms. The van der Waals surface area contributed by atoms with E-state index < -0.39 is 4.92 Å². The molecule has 7 heteroatoms. The average Bonchev–Trinajstić information content (AvgIpc) is 2.38. The van der Waals surface area contributed by atoms with E-state index in [0.29, 0.717) is 12.2 Å². The second-order valence-electron chi connectivity index (χ2n) is 4.47. The van der Waals surface area contributed by atoms with Gasteiger partial charge in [0, 0.05) is 29.5 Å². The van der Waals surface area contributed by atoms with Gasteiger partial charge in [0.05, 0.1) is 4.92 Å². The molecular weight excluding hydrogens is 326 g/mol. The number of nitro groups is 1. The van der Waals surface area contributed by atoms with Crippen LogP contribution in [0, 0.1) is 10.1 Å². The number of nitro benzene ring substituents is 1. The van der Waals surface area contributed by atoms with Crippen molar-refractivity contribution >= 4 is 33.2 Å². The molecule has 0 fully saturated rings. The molecule has 110 valence electrons. The van der Waals surface area contributed by atoms with Gasteiger partial charge in [0.1, 0.15) is 5.69 Å². The van der Waals surface area contributed by atoms with Gasteiger partial charge in [0.2, 0.25) is 5.91 Å². The summed E-state index contributed by atoms with van der Waals surface area (Å²) < 4.78 is 0.745. The van der Waals surface area contributed by atoms with E-state index >= 15 is 0 Å². The van der Waals surface area contributed by atoms with E-state index in [0.717, 1.165) is 10.9 Å². The minimum absolute atomic E-state index is 0.00413. The highest BCUT2D eigenvalue weighted by atomic mass is 79.9. The summed E-state index contributed by atoms with van der Waals surface area (Å²) in [6, 6.07) is 4.80. The summed E-state index contributed by atoms with van der Waals surface area (Å²) >= 11 is 3.27. The predicted molar refractivity (Wildman–Crippen MR) is 81.8 cm³/mol. The Morgan fingerprint density at radius 1 is 1.50 bits per heavy atom. The fourth-order valence-corrected chi connectivity index (χ4v) is 1.93. The molecule has 1 unspecified atom stereocenters. The van der Waals surface area contributed by atoms with Crippen LogP contribution in [-0.2, 0) is 4.79 Å². The van der Waals surface area contributed by atoms with E-state index in [1.165, 1.54) is 6.07 Å². The Bertz CT molecular complexity index is 494. The monoisotopic (exact) mass is 343 g/mol. The Morgan fingerprint density at radius 3 is 2.80 bits per heavy atom. The van der Waals surface area contributed by atoms with Gasteiger partial charge in [0.15, 0.2) is 0 Å². The fourth-order valence-electron chi connectivity index (χ4n) is 1.57. The van der Waals surface area contributed by atoms with Crippen molar-refractivity contribution in [1.82, 2.24) is 5.32 Å². The average molecular weight is 344 g/mol. The van der Waals surface area contributed by atoms with Crippen LogP contribution in [0.4, 0.5) is 11.4 Å². The van der Waals surface area contributed by atoms with Gasteiger partial charge in [-0.25, -0.2) is 0 Å². The quantitative estimate of drug-likeness (QED) is 0.588. The van der Waals surface area contributed by atoms with Gasteiger partial charge in [-0.15, -0.1) is 0 Å². The first-order valence-electron chi connectivity index (χ1n) is 6.41. The molecule has 0 aromatic heterocycles. The molecule has 0 aliphatic heterocycles. The third-order valence-corrected chi connectivity index (χ3v) is 3.34. The lowest BCUT2D eigenvalue weighted by atomic mass is 10.2. The highest BCUT2D eigenvalue weighted by molar-refractivity contribution is 9.10.